The Labute approximate surface area is 210 Å². The highest BCUT2D eigenvalue weighted by Crippen LogP contribution is 2.42. The molecule has 2 heterocycles. The first kappa shape index (κ1) is 29.3. The van der Waals surface area contributed by atoms with Crippen molar-refractivity contribution in [2.24, 2.45) is 11.8 Å². The van der Waals surface area contributed by atoms with Crippen molar-refractivity contribution in [1.82, 2.24) is 9.80 Å². The Morgan fingerprint density at radius 1 is 1.11 bits per heavy atom. The minimum absolute atomic E-state index is 0.0650. The first-order valence-electron chi connectivity index (χ1n) is 12.3. The van der Waals surface area contributed by atoms with Crippen LogP contribution in [0.25, 0.3) is 0 Å². The van der Waals surface area contributed by atoms with Crippen LogP contribution in [0.2, 0.25) is 18.1 Å². The minimum atomic E-state index is -2.21. The highest BCUT2D eigenvalue weighted by Gasteiger charge is 2.58. The van der Waals surface area contributed by atoms with Gasteiger partial charge in [0.2, 0.25) is 11.8 Å². The number of hydrogen-bond donors (Lipinski definition) is 0. The summed E-state index contributed by atoms with van der Waals surface area (Å²) in [6.07, 6.45) is -1.16. The number of rotatable bonds is 7. The van der Waals surface area contributed by atoms with Crippen LogP contribution >= 0.6 is 0 Å². The summed E-state index contributed by atoms with van der Waals surface area (Å²) < 4.78 is 17.1. The Balaban J connectivity index is 2.35. The lowest BCUT2D eigenvalue weighted by Gasteiger charge is -2.53. The summed E-state index contributed by atoms with van der Waals surface area (Å²) in [6.45, 7) is 22.7. The maximum atomic E-state index is 13.5. The molecular formula is C25H44N2O7Si. The van der Waals surface area contributed by atoms with Gasteiger partial charge in [0.05, 0.1) is 29.5 Å². The third-order valence-corrected chi connectivity index (χ3v) is 11.8. The second kappa shape index (κ2) is 9.50. The van der Waals surface area contributed by atoms with Crippen LogP contribution in [0.5, 0.6) is 0 Å². The summed E-state index contributed by atoms with van der Waals surface area (Å²) in [7, 11) is -2.21. The number of cyclic esters (lactones) is 1. The molecule has 4 atom stereocenters. The predicted octanol–water partition coefficient (Wildman–Crippen LogP) is 3.96. The topological polar surface area (TPSA) is 102 Å². The molecule has 9 nitrogen and oxygen atoms in total. The normalized spacial score (nSPS) is 24.6. The first-order valence-corrected chi connectivity index (χ1v) is 15.2. The molecule has 0 bridgehead atoms. The molecule has 0 radical (unpaired) electrons. The fourth-order valence-corrected chi connectivity index (χ4v) is 5.85. The van der Waals surface area contributed by atoms with Crippen LogP contribution < -0.4 is 0 Å². The summed E-state index contributed by atoms with van der Waals surface area (Å²) in [5.41, 5.74) is -1.51. The Kier molecular flexibility index (Phi) is 7.95. The maximum absolute atomic E-state index is 13.5. The van der Waals surface area contributed by atoms with Crippen LogP contribution in [0.3, 0.4) is 0 Å². The highest BCUT2D eigenvalue weighted by atomic mass is 28.4. The Morgan fingerprint density at radius 3 is 2.09 bits per heavy atom. The van der Waals surface area contributed by atoms with E-state index in [-0.39, 0.29) is 24.1 Å². The molecule has 0 spiro atoms. The molecule has 200 valence electrons. The van der Waals surface area contributed by atoms with Gasteiger partial charge in [-0.25, -0.2) is 9.69 Å². The monoisotopic (exact) mass is 512 g/mol. The molecule has 3 amide bonds. The number of ether oxygens (including phenoxy) is 2. The van der Waals surface area contributed by atoms with Gasteiger partial charge in [0.15, 0.2) is 8.32 Å². The predicted molar refractivity (Wildman–Crippen MR) is 134 cm³/mol. The molecule has 0 aliphatic carbocycles. The molecule has 2 aliphatic heterocycles. The Hall–Kier alpha value is -1.94. The quantitative estimate of drug-likeness (QED) is 0.289. The molecule has 2 fully saturated rings. The van der Waals surface area contributed by atoms with E-state index in [1.54, 1.807) is 41.5 Å². The van der Waals surface area contributed by atoms with Gasteiger partial charge in [-0.2, -0.15) is 0 Å². The molecule has 10 heteroatoms. The van der Waals surface area contributed by atoms with Crippen molar-refractivity contribution >= 4 is 32.2 Å². The van der Waals surface area contributed by atoms with Crippen LogP contribution in [0.15, 0.2) is 0 Å². The van der Waals surface area contributed by atoms with Crippen LogP contribution in [0.1, 0.15) is 69.2 Å². The van der Waals surface area contributed by atoms with Gasteiger partial charge in [-0.15, -0.1) is 0 Å². The Bertz CT molecular complexity index is 872. The summed E-state index contributed by atoms with van der Waals surface area (Å²) in [5, 5.41) is -0.0650. The lowest BCUT2D eigenvalue weighted by atomic mass is 9.75. The van der Waals surface area contributed by atoms with Crippen LogP contribution in [-0.2, 0) is 28.3 Å². The average molecular weight is 513 g/mol. The van der Waals surface area contributed by atoms with E-state index in [0.29, 0.717) is 0 Å². The molecule has 35 heavy (non-hydrogen) atoms. The van der Waals surface area contributed by atoms with E-state index in [2.05, 4.69) is 33.9 Å². The van der Waals surface area contributed by atoms with Crippen molar-refractivity contribution in [2.75, 3.05) is 13.2 Å². The highest BCUT2D eigenvalue weighted by molar-refractivity contribution is 6.74. The van der Waals surface area contributed by atoms with Gasteiger partial charge in [0.1, 0.15) is 18.8 Å². The number of hydrogen-bond acceptors (Lipinski definition) is 7. The van der Waals surface area contributed by atoms with E-state index in [0.717, 1.165) is 4.90 Å². The second-order valence-electron chi connectivity index (χ2n) is 13.0. The van der Waals surface area contributed by atoms with Crippen molar-refractivity contribution in [1.29, 1.82) is 0 Å². The van der Waals surface area contributed by atoms with Crippen molar-refractivity contribution in [3.05, 3.63) is 0 Å². The lowest BCUT2D eigenvalue weighted by molar-refractivity contribution is -0.179. The molecule has 2 aliphatic rings. The van der Waals surface area contributed by atoms with Gasteiger partial charge in [-0.05, 0) is 59.7 Å². The molecule has 2 rings (SSSR count). The van der Waals surface area contributed by atoms with Gasteiger partial charge in [0.25, 0.3) is 0 Å². The van der Waals surface area contributed by atoms with Gasteiger partial charge in [-0.1, -0.05) is 27.7 Å². The molecule has 0 unspecified atom stereocenters. The van der Waals surface area contributed by atoms with E-state index < -0.39 is 61.4 Å². The van der Waals surface area contributed by atoms with E-state index in [1.807, 2.05) is 6.92 Å². The number of nitrogens with zero attached hydrogens (tertiary/aromatic N) is 2. The third kappa shape index (κ3) is 6.07. The number of imide groups is 1. The third-order valence-electron chi connectivity index (χ3n) is 7.27. The first-order chi connectivity index (χ1) is 15.6. The molecule has 2 saturated heterocycles. The molecule has 0 aromatic carbocycles. The second-order valence-corrected chi connectivity index (χ2v) is 17.7. The van der Waals surface area contributed by atoms with Crippen LogP contribution in [-0.4, -0.2) is 78.4 Å². The fourth-order valence-electron chi connectivity index (χ4n) is 4.42. The molecular weight excluding hydrogens is 468 g/mol. The summed E-state index contributed by atoms with van der Waals surface area (Å²) in [4.78, 5) is 54.3. The fraction of sp³-hybridized carbons (Fsp3) is 0.840. The molecule has 0 saturated carbocycles. The summed E-state index contributed by atoms with van der Waals surface area (Å²) in [6, 6.07) is -0.619. The van der Waals surface area contributed by atoms with Crippen molar-refractivity contribution in [3.63, 3.8) is 0 Å². The largest absolute Gasteiger partial charge is 0.459 e. The summed E-state index contributed by atoms with van der Waals surface area (Å²) in [5.74, 6) is -2.61. The van der Waals surface area contributed by atoms with Crippen molar-refractivity contribution in [3.8, 4) is 0 Å². The van der Waals surface area contributed by atoms with Gasteiger partial charge in [0, 0.05) is 0 Å². The number of likely N-dealkylation sites (tertiary alicyclic amines) is 1. The SMILES string of the molecule is C[C@H](O[Si](C)(C)C(C)(C)C)[C@H]1C(=O)N(CC(=O)OC(C)(C)C)[C@H]1[C@H](C)C(=O)N1C(=O)OCC1(C)C. The van der Waals surface area contributed by atoms with Crippen LogP contribution in [0, 0.1) is 11.8 Å². The smallest absolute Gasteiger partial charge is 0.417 e. The van der Waals surface area contributed by atoms with E-state index in [4.69, 9.17) is 13.9 Å². The number of carbonyl (C=O) groups is 4. The zero-order valence-corrected chi connectivity index (χ0v) is 24.5. The number of esters is 1. The van der Waals surface area contributed by atoms with Gasteiger partial charge >= 0.3 is 12.1 Å². The van der Waals surface area contributed by atoms with Crippen molar-refractivity contribution < 1.29 is 33.1 Å². The molecule has 0 aromatic rings. The Morgan fingerprint density at radius 2 is 1.66 bits per heavy atom. The van der Waals surface area contributed by atoms with Crippen LogP contribution in [0.4, 0.5) is 4.79 Å². The van der Waals surface area contributed by atoms with E-state index in [9.17, 15) is 19.2 Å². The lowest BCUT2D eigenvalue weighted by Crippen LogP contribution is -2.70. The number of carbonyl (C=O) groups excluding carboxylic acids is 4. The zero-order chi connectivity index (χ0) is 27.3. The minimum Gasteiger partial charge on any atom is -0.459 e. The average Bonchev–Trinajstić information content (AvgIpc) is 2.92. The van der Waals surface area contributed by atoms with Gasteiger partial charge in [-0.3, -0.25) is 14.4 Å². The zero-order valence-electron chi connectivity index (χ0n) is 23.5. The molecule has 0 aromatic heterocycles. The number of β-lactam (4-membered cyclic amide) rings is 1. The maximum Gasteiger partial charge on any atom is 0.417 e. The standard InChI is InChI=1S/C25H44N2O7Si/c1-15(20(29)27-22(31)32-14-25(27,9)10)19-18(16(2)34-35(11,12)24(6,7)8)21(30)26(19)13-17(28)33-23(3,4)5/h15-16,18-19H,13-14H2,1-12H3/t15-,16-,18+,19-/m0/s1. The summed E-state index contributed by atoms with van der Waals surface area (Å²) >= 11 is 0. The number of amides is 3. The van der Waals surface area contributed by atoms with Crippen molar-refractivity contribution in [2.45, 2.75) is 111 Å². The molecule has 0 N–H and O–H groups in total. The van der Waals surface area contributed by atoms with E-state index in [1.165, 1.54) is 4.90 Å². The van der Waals surface area contributed by atoms with Gasteiger partial charge < -0.3 is 18.8 Å². The van der Waals surface area contributed by atoms with E-state index >= 15 is 0 Å².